The third-order valence-electron chi connectivity index (χ3n) is 8.92. The van der Waals surface area contributed by atoms with Gasteiger partial charge in [0.15, 0.2) is 17.5 Å². The van der Waals surface area contributed by atoms with E-state index in [1.54, 1.807) is 18.2 Å². The lowest BCUT2D eigenvalue weighted by molar-refractivity contribution is 0.669. The number of aromatic nitrogens is 4. The zero-order valence-corrected chi connectivity index (χ0v) is 26.2. The minimum atomic E-state index is -0.501. The van der Waals surface area contributed by atoms with Crippen molar-refractivity contribution in [2.24, 2.45) is 0 Å². The molecule has 0 amide bonds. The molecule has 0 N–H and O–H groups in total. The molecule has 10 aromatic rings. The fourth-order valence-corrected chi connectivity index (χ4v) is 6.59. The first-order valence-corrected chi connectivity index (χ1v) is 16.0. The molecule has 0 saturated heterocycles. The van der Waals surface area contributed by atoms with Crippen LogP contribution in [-0.2, 0) is 0 Å². The van der Waals surface area contributed by atoms with E-state index in [0.717, 1.165) is 22.3 Å². The lowest BCUT2D eigenvalue weighted by Crippen LogP contribution is -2.00. The number of benzene rings is 7. The maximum atomic E-state index is 9.04. The molecule has 0 spiro atoms. The first-order valence-electron chi connectivity index (χ1n) is 20.0. The van der Waals surface area contributed by atoms with E-state index in [0.29, 0.717) is 50.7 Å². The molecule has 0 aliphatic rings. The molecule has 0 fully saturated rings. The van der Waals surface area contributed by atoms with Crippen LogP contribution in [0.3, 0.4) is 0 Å². The van der Waals surface area contributed by atoms with Crippen LogP contribution in [0.4, 0.5) is 0 Å². The van der Waals surface area contributed by atoms with Crippen molar-refractivity contribution in [2.75, 3.05) is 0 Å². The smallest absolute Gasteiger partial charge is 0.164 e. The molecule has 3 aromatic heterocycles. The van der Waals surface area contributed by atoms with E-state index in [4.69, 9.17) is 30.3 Å². The van der Waals surface area contributed by atoms with E-state index in [2.05, 4.69) is 12.1 Å². The largest absolute Gasteiger partial charge is 0.456 e. The number of hydrogen-bond acceptors (Lipinski definition) is 4. The molecular formula is C45H28N4O. The highest BCUT2D eigenvalue weighted by Gasteiger charge is 2.19. The molecule has 0 unspecified atom stereocenters. The Morgan fingerprint density at radius 1 is 0.440 bits per heavy atom. The lowest BCUT2D eigenvalue weighted by Gasteiger charge is -2.10. The van der Waals surface area contributed by atoms with Crippen LogP contribution in [0, 0.1) is 0 Å². The Kier molecular flexibility index (Phi) is 4.83. The molecule has 0 saturated carbocycles. The van der Waals surface area contributed by atoms with Gasteiger partial charge in [-0.3, -0.25) is 0 Å². The predicted molar refractivity (Wildman–Crippen MR) is 203 cm³/mol. The van der Waals surface area contributed by atoms with Crippen molar-refractivity contribution in [3.63, 3.8) is 0 Å². The van der Waals surface area contributed by atoms with E-state index in [-0.39, 0.29) is 33.9 Å². The van der Waals surface area contributed by atoms with Crippen LogP contribution in [0.1, 0.15) is 11.0 Å². The lowest BCUT2D eigenvalue weighted by atomic mass is 10.0. The van der Waals surface area contributed by atoms with E-state index in [1.807, 2.05) is 91.0 Å². The van der Waals surface area contributed by atoms with Crippen LogP contribution in [-0.4, -0.2) is 19.5 Å². The average molecular weight is 649 g/mol. The fraction of sp³-hybridized carbons (Fsp3) is 0. The molecule has 0 atom stereocenters. The molecule has 3 heterocycles. The summed E-state index contributed by atoms with van der Waals surface area (Å²) in [7, 11) is 0. The van der Waals surface area contributed by atoms with Gasteiger partial charge in [0.25, 0.3) is 0 Å². The average Bonchev–Trinajstić information content (AvgIpc) is 3.83. The summed E-state index contributed by atoms with van der Waals surface area (Å²) >= 11 is 0. The third-order valence-corrected chi connectivity index (χ3v) is 8.92. The quantitative estimate of drug-likeness (QED) is 0.186. The number of nitrogens with zero attached hydrogens (tertiary/aromatic N) is 4. The maximum absolute atomic E-state index is 9.04. The standard InChI is InChI=1S/C45H28N4O/c1-3-12-29(13-4-1)30-22-24-32(25-23-30)44-46-43(31-14-5-2-6-15-31)47-45(48-44)33-26-27-40-36(28-33)42-39(20-11-21-41(42)50-40)49-37-18-9-7-16-34(37)35-17-8-10-19-38(35)49/h1-28H/i7D,8D,9D,10D,16D,17D,18D,19D. The van der Waals surface area contributed by atoms with Gasteiger partial charge in [0.1, 0.15) is 11.2 Å². The summed E-state index contributed by atoms with van der Waals surface area (Å²) in [5.74, 6) is 1.37. The number of furan rings is 1. The number of rotatable bonds is 5. The monoisotopic (exact) mass is 648 g/mol. The first kappa shape index (κ1) is 21.2. The molecular weight excluding hydrogens is 613 g/mol. The zero-order chi connectivity index (χ0) is 40.0. The Morgan fingerprint density at radius 2 is 0.960 bits per heavy atom. The number of para-hydroxylation sites is 2. The second-order valence-electron chi connectivity index (χ2n) is 11.9. The Morgan fingerprint density at radius 3 is 1.62 bits per heavy atom. The normalized spacial score (nSPS) is 13.8. The molecule has 10 rings (SSSR count). The second-order valence-corrected chi connectivity index (χ2v) is 11.9. The third kappa shape index (κ3) is 4.60. The van der Waals surface area contributed by atoms with Gasteiger partial charge >= 0.3 is 0 Å². The van der Waals surface area contributed by atoms with Crippen molar-refractivity contribution in [2.45, 2.75) is 0 Å². The highest BCUT2D eigenvalue weighted by atomic mass is 16.3. The Labute approximate surface area is 299 Å². The Hall–Kier alpha value is -6.85. The summed E-state index contributed by atoms with van der Waals surface area (Å²) < 4.78 is 77.8. The van der Waals surface area contributed by atoms with Gasteiger partial charge in [-0.2, -0.15) is 0 Å². The molecule has 0 bridgehead atoms. The van der Waals surface area contributed by atoms with Crippen LogP contribution in [0.5, 0.6) is 0 Å². The van der Waals surface area contributed by atoms with Gasteiger partial charge in [-0.15, -0.1) is 0 Å². The Bertz CT molecular complexity index is 3240. The first-order chi connectivity index (χ1) is 28.1. The van der Waals surface area contributed by atoms with Crippen molar-refractivity contribution in [1.29, 1.82) is 0 Å². The van der Waals surface area contributed by atoms with E-state index < -0.39 is 36.3 Å². The van der Waals surface area contributed by atoms with Crippen LogP contribution in [0.25, 0.3) is 94.7 Å². The molecule has 5 nitrogen and oxygen atoms in total. The molecule has 0 aliphatic heterocycles. The summed E-state index contributed by atoms with van der Waals surface area (Å²) in [5, 5.41) is 1.20. The fourth-order valence-electron chi connectivity index (χ4n) is 6.59. The molecule has 7 aromatic carbocycles. The van der Waals surface area contributed by atoms with Crippen molar-refractivity contribution in [1.82, 2.24) is 19.5 Å². The topological polar surface area (TPSA) is 56.7 Å². The van der Waals surface area contributed by atoms with Gasteiger partial charge in [-0.1, -0.05) is 127 Å². The summed E-state index contributed by atoms with van der Waals surface area (Å²) in [6.45, 7) is 0. The van der Waals surface area contributed by atoms with Gasteiger partial charge < -0.3 is 8.98 Å². The Balaban J connectivity index is 1.22. The van der Waals surface area contributed by atoms with E-state index >= 15 is 0 Å². The van der Waals surface area contributed by atoms with Crippen molar-refractivity contribution in [3.05, 3.63) is 170 Å². The van der Waals surface area contributed by atoms with Crippen LogP contribution in [0.2, 0.25) is 0 Å². The molecule has 50 heavy (non-hydrogen) atoms. The predicted octanol–water partition coefficient (Wildman–Crippen LogP) is 11.5. The molecule has 0 aliphatic carbocycles. The molecule has 234 valence electrons. The van der Waals surface area contributed by atoms with Gasteiger partial charge in [-0.25, -0.2) is 15.0 Å². The SMILES string of the molecule is [2H]c1c([2H])c([2H])c2c(c1[2H])c1c([2H])c([2H])c([2H])c([2H])c1n2-c1cccc2oc3ccc(-c4nc(-c5ccccc5)nc(-c5ccc(-c6ccccc6)cc5)n4)cc3c12. The maximum Gasteiger partial charge on any atom is 0.164 e. The molecule has 5 heteroatoms. The van der Waals surface area contributed by atoms with Gasteiger partial charge in [0.05, 0.1) is 33.1 Å². The van der Waals surface area contributed by atoms with Gasteiger partial charge in [0, 0.05) is 32.8 Å². The van der Waals surface area contributed by atoms with Gasteiger partial charge in [0.2, 0.25) is 0 Å². The second kappa shape index (κ2) is 11.4. The van der Waals surface area contributed by atoms with Crippen molar-refractivity contribution >= 4 is 43.7 Å². The van der Waals surface area contributed by atoms with Crippen LogP contribution < -0.4 is 0 Å². The summed E-state index contributed by atoms with van der Waals surface area (Å²) in [6.07, 6.45) is 0. The minimum Gasteiger partial charge on any atom is -0.456 e. The van der Waals surface area contributed by atoms with E-state index in [1.165, 1.54) is 4.57 Å². The van der Waals surface area contributed by atoms with Crippen LogP contribution in [0.15, 0.2) is 174 Å². The van der Waals surface area contributed by atoms with E-state index in [9.17, 15) is 0 Å². The summed E-state index contributed by atoms with van der Waals surface area (Å²) in [4.78, 5) is 14.8. The summed E-state index contributed by atoms with van der Waals surface area (Å²) in [6, 6.07) is 35.1. The zero-order valence-electron chi connectivity index (χ0n) is 34.2. The van der Waals surface area contributed by atoms with Crippen molar-refractivity contribution < 1.29 is 15.4 Å². The van der Waals surface area contributed by atoms with Crippen LogP contribution >= 0.6 is 0 Å². The van der Waals surface area contributed by atoms with Gasteiger partial charge in [-0.05, 0) is 53.5 Å². The minimum absolute atomic E-state index is 0.00134. The summed E-state index contributed by atoms with van der Waals surface area (Å²) in [5.41, 5.74) is 5.86. The highest BCUT2D eigenvalue weighted by molar-refractivity contribution is 6.14. The van der Waals surface area contributed by atoms with Crippen molar-refractivity contribution in [3.8, 4) is 51.0 Å². The number of fused-ring (bicyclic) bond motifs is 6. The number of hydrogen-bond donors (Lipinski definition) is 0. The molecule has 0 radical (unpaired) electrons. The highest BCUT2D eigenvalue weighted by Crippen LogP contribution is 2.39.